The lowest BCUT2D eigenvalue weighted by Crippen LogP contribution is -2.34. The van der Waals surface area contributed by atoms with Crippen molar-refractivity contribution < 1.29 is 13.2 Å². The molecule has 118 valence electrons. The first-order valence-electron chi connectivity index (χ1n) is 6.67. The average Bonchev–Trinajstić information content (AvgIpc) is 2.35. The number of hydrogen-bond donors (Lipinski definition) is 2. The molecule has 0 spiro atoms. The molecule has 1 aromatic rings. The molecule has 0 aromatic heterocycles. The van der Waals surface area contributed by atoms with Crippen LogP contribution in [0.3, 0.4) is 0 Å². The number of carbonyl (C=O) groups is 1. The number of amides is 1. The number of hydrogen-bond acceptors (Lipinski definition) is 3. The number of sulfonamides is 1. The molecule has 1 rings (SSSR count). The lowest BCUT2D eigenvalue weighted by molar-refractivity contribution is -0.121. The van der Waals surface area contributed by atoms with E-state index in [0.717, 1.165) is 6.26 Å². The van der Waals surface area contributed by atoms with Gasteiger partial charge < -0.3 is 5.32 Å². The summed E-state index contributed by atoms with van der Waals surface area (Å²) in [7, 11) is -3.42. The fourth-order valence-corrected chi connectivity index (χ4v) is 2.62. The molecule has 1 aromatic carbocycles. The van der Waals surface area contributed by atoms with Crippen LogP contribution < -0.4 is 10.0 Å². The smallest absolute Gasteiger partial charge is 0.221 e. The third-order valence-electron chi connectivity index (χ3n) is 2.73. The maximum atomic E-state index is 11.9. The number of rotatable bonds is 7. The molecule has 1 amide bonds. The van der Waals surface area contributed by atoms with E-state index >= 15 is 0 Å². The van der Waals surface area contributed by atoms with Crippen LogP contribution in [0.5, 0.6) is 0 Å². The monoisotopic (exact) mass is 332 g/mol. The molecule has 0 aliphatic carbocycles. The molecule has 1 atom stereocenters. The zero-order valence-electron chi connectivity index (χ0n) is 12.4. The molecular formula is C14H21ClN2O3S. The van der Waals surface area contributed by atoms with Gasteiger partial charge in [-0.3, -0.25) is 4.79 Å². The summed E-state index contributed by atoms with van der Waals surface area (Å²) in [5, 5.41) is 3.34. The van der Waals surface area contributed by atoms with Gasteiger partial charge in [0, 0.05) is 18.0 Å². The molecule has 0 saturated heterocycles. The molecule has 0 heterocycles. The standard InChI is InChI=1S/C14H21ClN2O3S/c1-10(2)9-16-14(18)8-13(17-21(3,19)20)11-4-6-12(15)7-5-11/h4-7,10,13,17H,8-9H2,1-3H3,(H,16,18). The second-order valence-corrected chi connectivity index (χ2v) is 7.61. The second kappa shape index (κ2) is 7.77. The summed E-state index contributed by atoms with van der Waals surface area (Å²) < 4.78 is 25.4. The lowest BCUT2D eigenvalue weighted by Gasteiger charge is -2.18. The van der Waals surface area contributed by atoms with Gasteiger partial charge in [0.15, 0.2) is 0 Å². The predicted octanol–water partition coefficient (Wildman–Crippen LogP) is 2.09. The Morgan fingerprint density at radius 2 is 1.81 bits per heavy atom. The highest BCUT2D eigenvalue weighted by molar-refractivity contribution is 7.88. The largest absolute Gasteiger partial charge is 0.356 e. The van der Waals surface area contributed by atoms with Crippen molar-refractivity contribution in [2.45, 2.75) is 26.3 Å². The first kappa shape index (κ1) is 17.9. The maximum Gasteiger partial charge on any atom is 0.221 e. The topological polar surface area (TPSA) is 75.3 Å². The molecule has 7 heteroatoms. The SMILES string of the molecule is CC(C)CNC(=O)CC(NS(C)(=O)=O)c1ccc(Cl)cc1. The molecule has 0 aliphatic rings. The highest BCUT2D eigenvalue weighted by atomic mass is 35.5. The van der Waals surface area contributed by atoms with Gasteiger partial charge >= 0.3 is 0 Å². The minimum Gasteiger partial charge on any atom is -0.356 e. The van der Waals surface area contributed by atoms with Crippen LogP contribution in [0.4, 0.5) is 0 Å². The number of benzene rings is 1. The summed E-state index contributed by atoms with van der Waals surface area (Å²) in [6.07, 6.45) is 1.11. The Morgan fingerprint density at radius 1 is 1.24 bits per heavy atom. The summed E-state index contributed by atoms with van der Waals surface area (Å²) in [5.74, 6) is 0.144. The van der Waals surface area contributed by atoms with Gasteiger partial charge in [0.25, 0.3) is 0 Å². The van der Waals surface area contributed by atoms with Crippen LogP contribution in [-0.4, -0.2) is 27.1 Å². The Bertz CT molecular complexity index is 570. The molecule has 5 nitrogen and oxygen atoms in total. The van der Waals surface area contributed by atoms with Crippen molar-refractivity contribution in [3.05, 3.63) is 34.9 Å². The van der Waals surface area contributed by atoms with Gasteiger partial charge in [-0.25, -0.2) is 13.1 Å². The third-order valence-corrected chi connectivity index (χ3v) is 3.69. The van der Waals surface area contributed by atoms with Gasteiger partial charge in [0.2, 0.25) is 15.9 Å². The Hall–Kier alpha value is -1.11. The zero-order chi connectivity index (χ0) is 16.0. The Labute approximate surface area is 131 Å². The minimum absolute atomic E-state index is 0.0431. The first-order chi connectivity index (χ1) is 9.67. The summed E-state index contributed by atoms with van der Waals surface area (Å²) in [5.41, 5.74) is 0.699. The van der Waals surface area contributed by atoms with Gasteiger partial charge in [-0.2, -0.15) is 0 Å². The zero-order valence-corrected chi connectivity index (χ0v) is 14.0. The van der Waals surface area contributed by atoms with Crippen LogP contribution in [0, 0.1) is 5.92 Å². The molecule has 1 unspecified atom stereocenters. The fraction of sp³-hybridized carbons (Fsp3) is 0.500. The number of halogens is 1. The van der Waals surface area contributed by atoms with E-state index in [-0.39, 0.29) is 12.3 Å². The predicted molar refractivity (Wildman–Crippen MR) is 84.6 cm³/mol. The van der Waals surface area contributed by atoms with Crippen LogP contribution >= 0.6 is 11.6 Å². The molecule has 0 bridgehead atoms. The van der Waals surface area contributed by atoms with E-state index in [1.165, 1.54) is 0 Å². The highest BCUT2D eigenvalue weighted by Gasteiger charge is 2.19. The highest BCUT2D eigenvalue weighted by Crippen LogP contribution is 2.20. The van der Waals surface area contributed by atoms with E-state index in [9.17, 15) is 13.2 Å². The van der Waals surface area contributed by atoms with Gasteiger partial charge in [0.05, 0.1) is 12.3 Å². The Kier molecular flexibility index (Phi) is 6.64. The van der Waals surface area contributed by atoms with Gasteiger partial charge in [-0.1, -0.05) is 37.6 Å². The van der Waals surface area contributed by atoms with E-state index in [1.54, 1.807) is 24.3 Å². The van der Waals surface area contributed by atoms with Crippen LogP contribution in [0.25, 0.3) is 0 Å². The summed E-state index contributed by atoms with van der Waals surface area (Å²) in [6.45, 7) is 4.54. The maximum absolute atomic E-state index is 11.9. The van der Waals surface area contributed by atoms with Crippen LogP contribution in [0.1, 0.15) is 31.9 Å². The van der Waals surface area contributed by atoms with Crippen LogP contribution in [0.2, 0.25) is 5.02 Å². The van der Waals surface area contributed by atoms with Crippen LogP contribution in [-0.2, 0) is 14.8 Å². The van der Waals surface area contributed by atoms with Crippen molar-refractivity contribution in [2.75, 3.05) is 12.8 Å². The second-order valence-electron chi connectivity index (χ2n) is 5.40. The average molecular weight is 333 g/mol. The lowest BCUT2D eigenvalue weighted by atomic mass is 10.0. The summed E-state index contributed by atoms with van der Waals surface area (Å²) in [4.78, 5) is 11.9. The molecular weight excluding hydrogens is 312 g/mol. The van der Waals surface area contributed by atoms with Crippen molar-refractivity contribution in [2.24, 2.45) is 5.92 Å². The van der Waals surface area contributed by atoms with Crippen molar-refractivity contribution in [1.82, 2.24) is 10.0 Å². The molecule has 2 N–H and O–H groups in total. The van der Waals surface area contributed by atoms with Crippen molar-refractivity contribution in [3.63, 3.8) is 0 Å². The van der Waals surface area contributed by atoms with Crippen molar-refractivity contribution >= 4 is 27.5 Å². The first-order valence-corrected chi connectivity index (χ1v) is 8.94. The fourth-order valence-electron chi connectivity index (χ4n) is 1.76. The quantitative estimate of drug-likeness (QED) is 0.802. The van der Waals surface area contributed by atoms with Gasteiger partial charge in [0.1, 0.15) is 0 Å². The molecule has 0 radical (unpaired) electrons. The third kappa shape index (κ3) is 7.45. The minimum atomic E-state index is -3.42. The Morgan fingerprint density at radius 3 is 2.29 bits per heavy atom. The van der Waals surface area contributed by atoms with Crippen molar-refractivity contribution in [3.8, 4) is 0 Å². The summed E-state index contributed by atoms with van der Waals surface area (Å²) in [6, 6.07) is 6.14. The normalized spacial score (nSPS) is 13.2. The van der Waals surface area contributed by atoms with E-state index in [2.05, 4.69) is 10.0 Å². The Balaban J connectivity index is 2.82. The van der Waals surface area contributed by atoms with Crippen molar-refractivity contribution in [1.29, 1.82) is 0 Å². The van der Waals surface area contributed by atoms with E-state index in [0.29, 0.717) is 23.0 Å². The van der Waals surface area contributed by atoms with E-state index in [1.807, 2.05) is 13.8 Å². The van der Waals surface area contributed by atoms with E-state index in [4.69, 9.17) is 11.6 Å². The molecule has 0 fully saturated rings. The van der Waals surface area contributed by atoms with Gasteiger partial charge in [-0.05, 0) is 23.6 Å². The molecule has 0 aliphatic heterocycles. The van der Waals surface area contributed by atoms with E-state index < -0.39 is 16.1 Å². The number of carbonyl (C=O) groups excluding carboxylic acids is 1. The molecule has 21 heavy (non-hydrogen) atoms. The summed E-state index contributed by atoms with van der Waals surface area (Å²) >= 11 is 5.82. The van der Waals surface area contributed by atoms with Crippen LogP contribution in [0.15, 0.2) is 24.3 Å². The van der Waals surface area contributed by atoms with Gasteiger partial charge in [-0.15, -0.1) is 0 Å². The molecule has 0 saturated carbocycles. The number of nitrogens with one attached hydrogen (secondary N) is 2.